The van der Waals surface area contributed by atoms with Gasteiger partial charge in [-0.25, -0.2) is 0 Å². The molecular formula is C15H20N4O2. The minimum Gasteiger partial charge on any atom is -0.423 e. The molecule has 1 aromatic heterocycles. The van der Waals surface area contributed by atoms with E-state index in [4.69, 9.17) is 10.2 Å². The maximum Gasteiger partial charge on any atom is 0.247 e. The molecule has 3 N–H and O–H groups in total. The summed E-state index contributed by atoms with van der Waals surface area (Å²) in [6.07, 6.45) is 2.91. The smallest absolute Gasteiger partial charge is 0.247 e. The van der Waals surface area contributed by atoms with Gasteiger partial charge in [0.05, 0.1) is 0 Å². The third kappa shape index (κ3) is 3.88. The van der Waals surface area contributed by atoms with Crippen LogP contribution in [-0.2, 0) is 4.79 Å². The summed E-state index contributed by atoms with van der Waals surface area (Å²) in [4.78, 5) is 12.2. The van der Waals surface area contributed by atoms with E-state index in [0.717, 1.165) is 29.7 Å². The van der Waals surface area contributed by atoms with Crippen LogP contribution in [0.15, 0.2) is 29.0 Å². The van der Waals surface area contributed by atoms with Crippen molar-refractivity contribution < 1.29 is 9.21 Å². The molecule has 1 aromatic carbocycles. The van der Waals surface area contributed by atoms with Gasteiger partial charge in [0.15, 0.2) is 0 Å². The monoisotopic (exact) mass is 288 g/mol. The molecule has 6 nitrogen and oxygen atoms in total. The molecule has 1 amide bonds. The summed E-state index contributed by atoms with van der Waals surface area (Å²) in [5.74, 6) is 0.357. The highest BCUT2D eigenvalue weighted by atomic mass is 16.4. The first-order chi connectivity index (χ1) is 10.1. The molecule has 0 aliphatic rings. The first-order valence-electron chi connectivity index (χ1n) is 7.00. The summed E-state index contributed by atoms with van der Waals surface area (Å²) in [6.45, 7) is 4.45. The van der Waals surface area contributed by atoms with Crippen LogP contribution < -0.4 is 11.1 Å². The van der Waals surface area contributed by atoms with Crippen LogP contribution in [0.25, 0.3) is 11.5 Å². The Labute approximate surface area is 123 Å². The largest absolute Gasteiger partial charge is 0.423 e. The second kappa shape index (κ2) is 6.99. The molecule has 0 saturated heterocycles. The summed E-state index contributed by atoms with van der Waals surface area (Å²) in [5.41, 5.74) is 8.00. The number of aromatic nitrogens is 2. The Hall–Kier alpha value is -2.21. The highest BCUT2D eigenvalue weighted by Gasteiger charge is 2.14. The van der Waals surface area contributed by atoms with Crippen LogP contribution in [0.1, 0.15) is 25.3 Å². The summed E-state index contributed by atoms with van der Waals surface area (Å²) in [5, 5.41) is 10.5. The Kier molecular flexibility index (Phi) is 5.05. The number of hydrogen-bond donors (Lipinski definition) is 2. The molecule has 0 saturated carbocycles. The Morgan fingerprint density at radius 3 is 2.95 bits per heavy atom. The molecular weight excluding hydrogens is 268 g/mol. The Morgan fingerprint density at radius 1 is 1.48 bits per heavy atom. The fourth-order valence-electron chi connectivity index (χ4n) is 2.00. The molecule has 2 rings (SSSR count). The van der Waals surface area contributed by atoms with E-state index in [1.54, 1.807) is 0 Å². The summed E-state index contributed by atoms with van der Waals surface area (Å²) in [7, 11) is 0. The van der Waals surface area contributed by atoms with Crippen molar-refractivity contribution in [3.8, 4) is 11.5 Å². The average Bonchev–Trinajstić information content (AvgIpc) is 3.01. The SMILES string of the molecule is Cc1ccc(-c2nnco2)cc1NC(=O)C(C)CCCN. The lowest BCUT2D eigenvalue weighted by Crippen LogP contribution is -2.21. The maximum absolute atomic E-state index is 12.2. The summed E-state index contributed by atoms with van der Waals surface area (Å²) < 4.78 is 5.17. The van der Waals surface area contributed by atoms with Crippen LogP contribution >= 0.6 is 0 Å². The molecule has 0 radical (unpaired) electrons. The lowest BCUT2D eigenvalue weighted by molar-refractivity contribution is -0.119. The van der Waals surface area contributed by atoms with Gasteiger partial charge in [-0.15, -0.1) is 10.2 Å². The molecule has 1 atom stereocenters. The number of nitrogens with two attached hydrogens (primary N) is 1. The maximum atomic E-state index is 12.2. The lowest BCUT2D eigenvalue weighted by atomic mass is 10.0. The van der Waals surface area contributed by atoms with E-state index in [2.05, 4.69) is 15.5 Å². The number of carbonyl (C=O) groups excluding carboxylic acids is 1. The molecule has 1 unspecified atom stereocenters. The molecule has 112 valence electrons. The highest BCUT2D eigenvalue weighted by Crippen LogP contribution is 2.24. The van der Waals surface area contributed by atoms with Gasteiger partial charge in [0.1, 0.15) is 0 Å². The van der Waals surface area contributed by atoms with Crippen molar-refractivity contribution in [3.05, 3.63) is 30.2 Å². The van der Waals surface area contributed by atoms with Crippen LogP contribution in [0, 0.1) is 12.8 Å². The fraction of sp³-hybridized carbons (Fsp3) is 0.400. The number of carbonyl (C=O) groups is 1. The van der Waals surface area contributed by atoms with E-state index in [1.807, 2.05) is 32.0 Å². The zero-order valence-corrected chi connectivity index (χ0v) is 12.3. The van der Waals surface area contributed by atoms with Gasteiger partial charge in [0, 0.05) is 17.2 Å². The van der Waals surface area contributed by atoms with Crippen LogP contribution in [0.3, 0.4) is 0 Å². The quantitative estimate of drug-likeness (QED) is 0.851. The third-order valence-electron chi connectivity index (χ3n) is 3.39. The number of benzene rings is 1. The number of aryl methyl sites for hydroxylation is 1. The van der Waals surface area contributed by atoms with Crippen LogP contribution in [0.2, 0.25) is 0 Å². The normalized spacial score (nSPS) is 12.1. The number of anilines is 1. The molecule has 0 bridgehead atoms. The lowest BCUT2D eigenvalue weighted by Gasteiger charge is -2.14. The first-order valence-corrected chi connectivity index (χ1v) is 7.00. The van der Waals surface area contributed by atoms with Gasteiger partial charge >= 0.3 is 0 Å². The van der Waals surface area contributed by atoms with E-state index < -0.39 is 0 Å². The van der Waals surface area contributed by atoms with E-state index in [0.29, 0.717) is 12.4 Å². The summed E-state index contributed by atoms with van der Waals surface area (Å²) in [6, 6.07) is 5.65. The predicted molar refractivity (Wildman–Crippen MR) is 80.6 cm³/mol. The fourth-order valence-corrected chi connectivity index (χ4v) is 2.00. The Bertz CT molecular complexity index is 596. The highest BCUT2D eigenvalue weighted by molar-refractivity contribution is 5.93. The van der Waals surface area contributed by atoms with Gasteiger partial charge in [-0.05, 0) is 44.0 Å². The number of rotatable bonds is 6. The van der Waals surface area contributed by atoms with Gasteiger partial charge < -0.3 is 15.5 Å². The van der Waals surface area contributed by atoms with Gasteiger partial charge in [-0.1, -0.05) is 13.0 Å². The molecule has 21 heavy (non-hydrogen) atoms. The van der Waals surface area contributed by atoms with Crippen molar-refractivity contribution in [1.82, 2.24) is 10.2 Å². The molecule has 0 spiro atoms. The van der Waals surface area contributed by atoms with E-state index in [9.17, 15) is 4.79 Å². The van der Waals surface area contributed by atoms with Crippen LogP contribution in [-0.4, -0.2) is 22.6 Å². The molecule has 1 heterocycles. The summed E-state index contributed by atoms with van der Waals surface area (Å²) >= 11 is 0. The van der Waals surface area contributed by atoms with E-state index in [1.165, 1.54) is 6.39 Å². The van der Waals surface area contributed by atoms with Crippen molar-refractivity contribution in [2.45, 2.75) is 26.7 Å². The minimum absolute atomic E-state index is 0.00534. The number of hydrogen-bond acceptors (Lipinski definition) is 5. The van der Waals surface area contributed by atoms with Crippen molar-refractivity contribution in [2.24, 2.45) is 11.7 Å². The number of nitrogens with one attached hydrogen (secondary N) is 1. The van der Waals surface area contributed by atoms with Crippen molar-refractivity contribution >= 4 is 11.6 Å². The standard InChI is InChI=1S/C15H20N4O2/c1-10-5-6-12(15-19-17-9-21-15)8-13(10)18-14(20)11(2)4-3-7-16/h5-6,8-9,11H,3-4,7,16H2,1-2H3,(H,18,20). The van der Waals surface area contributed by atoms with Crippen molar-refractivity contribution in [1.29, 1.82) is 0 Å². The predicted octanol–water partition coefficient (Wildman–Crippen LogP) is 2.36. The molecule has 6 heteroatoms. The number of nitrogens with zero attached hydrogens (tertiary/aromatic N) is 2. The number of amides is 1. The molecule has 2 aromatic rings. The van der Waals surface area contributed by atoms with E-state index in [-0.39, 0.29) is 11.8 Å². The second-order valence-electron chi connectivity index (χ2n) is 5.09. The van der Waals surface area contributed by atoms with Crippen molar-refractivity contribution in [2.75, 3.05) is 11.9 Å². The third-order valence-corrected chi connectivity index (χ3v) is 3.39. The molecule has 0 fully saturated rings. The van der Waals surface area contributed by atoms with Crippen molar-refractivity contribution in [3.63, 3.8) is 0 Å². The minimum atomic E-state index is -0.0694. The topological polar surface area (TPSA) is 94.0 Å². The first kappa shape index (κ1) is 15.2. The molecule has 0 aliphatic heterocycles. The Morgan fingerprint density at radius 2 is 2.29 bits per heavy atom. The second-order valence-corrected chi connectivity index (χ2v) is 5.09. The zero-order valence-electron chi connectivity index (χ0n) is 12.3. The van der Waals surface area contributed by atoms with Crippen LogP contribution in [0.5, 0.6) is 0 Å². The van der Waals surface area contributed by atoms with Gasteiger partial charge in [-0.3, -0.25) is 4.79 Å². The zero-order chi connectivity index (χ0) is 15.2. The van der Waals surface area contributed by atoms with Gasteiger partial charge in [0.25, 0.3) is 0 Å². The Balaban J connectivity index is 2.12. The van der Waals surface area contributed by atoms with Gasteiger partial charge in [-0.2, -0.15) is 0 Å². The van der Waals surface area contributed by atoms with Crippen LogP contribution in [0.4, 0.5) is 5.69 Å². The van der Waals surface area contributed by atoms with Gasteiger partial charge in [0.2, 0.25) is 18.2 Å². The average molecular weight is 288 g/mol. The van der Waals surface area contributed by atoms with E-state index >= 15 is 0 Å². The molecule has 0 aliphatic carbocycles.